The molecule has 0 radical (unpaired) electrons. The number of halogens is 2. The van der Waals surface area contributed by atoms with Crippen molar-refractivity contribution >= 4 is 34.3 Å². The second-order valence-electron chi connectivity index (χ2n) is 4.08. The topological polar surface area (TPSA) is 43.4 Å². The summed E-state index contributed by atoms with van der Waals surface area (Å²) in [5, 5.41) is 0. The van der Waals surface area contributed by atoms with Crippen LogP contribution in [0.15, 0.2) is 30.3 Å². The van der Waals surface area contributed by atoms with Crippen LogP contribution in [0.4, 0.5) is 0 Å². The van der Waals surface area contributed by atoms with Gasteiger partial charge in [0.1, 0.15) is 6.61 Å². The summed E-state index contributed by atoms with van der Waals surface area (Å²) < 4.78 is 16.2. The fraction of sp³-hybridized carbons (Fsp3) is 0.417. The Morgan fingerprint density at radius 3 is 2.50 bits per heavy atom. The zero-order valence-electron chi connectivity index (χ0n) is 10.0. The first-order chi connectivity index (χ1) is 8.38. The van der Waals surface area contributed by atoms with Gasteiger partial charge in [0.05, 0.1) is 5.92 Å². The molecule has 0 N–H and O–H groups in total. The van der Waals surface area contributed by atoms with E-state index in [9.17, 15) is 9.36 Å². The first-order valence-electron chi connectivity index (χ1n) is 5.57. The van der Waals surface area contributed by atoms with E-state index in [4.69, 9.17) is 27.2 Å². The van der Waals surface area contributed by atoms with Crippen LogP contribution in [0.3, 0.4) is 0 Å². The van der Waals surface area contributed by atoms with E-state index in [2.05, 4.69) is 0 Å². The van der Waals surface area contributed by atoms with Gasteiger partial charge in [-0.25, -0.2) is 0 Å². The molecule has 1 rings (SSSR count). The lowest BCUT2D eigenvalue weighted by Crippen LogP contribution is -2.15. The van der Waals surface area contributed by atoms with E-state index in [1.807, 2.05) is 30.3 Å². The Bertz CT molecular complexity index is 430. The predicted octanol–water partition coefficient (Wildman–Crippen LogP) is 4.43. The number of benzene rings is 1. The van der Waals surface area contributed by atoms with Crippen LogP contribution in [0.25, 0.3) is 0 Å². The molecule has 0 aliphatic carbocycles. The van der Waals surface area contributed by atoms with Gasteiger partial charge in [0.15, 0.2) is 0 Å². The molecule has 0 amide bonds. The first-order valence-corrected chi connectivity index (χ1v) is 9.27. The lowest BCUT2D eigenvalue weighted by atomic mass is 10.1. The Morgan fingerprint density at radius 2 is 1.94 bits per heavy atom. The Labute approximate surface area is 116 Å². The molecule has 0 aliphatic rings. The second-order valence-corrected chi connectivity index (χ2v) is 9.46. The molecule has 0 spiro atoms. The Hall–Kier alpha value is -0.500. The van der Waals surface area contributed by atoms with Crippen molar-refractivity contribution < 1.29 is 14.1 Å². The van der Waals surface area contributed by atoms with Crippen LogP contribution in [-0.2, 0) is 20.7 Å². The SMILES string of the molecule is C[C@H](CCP(=O)(Cl)Cl)C(=O)OCc1ccccc1. The standard InChI is InChI=1S/C12H15Cl2O3P/c1-10(7-8-18(13,14)16)12(15)17-9-11-5-3-2-4-6-11/h2-6,10H,7-9H2,1H3/t10-/m1/s1. The van der Waals surface area contributed by atoms with E-state index in [1.165, 1.54) is 0 Å². The van der Waals surface area contributed by atoms with Crippen LogP contribution in [0, 0.1) is 5.92 Å². The van der Waals surface area contributed by atoms with E-state index < -0.39 is 5.85 Å². The minimum absolute atomic E-state index is 0.123. The van der Waals surface area contributed by atoms with E-state index in [-0.39, 0.29) is 24.7 Å². The maximum atomic E-state index is 11.6. The minimum atomic E-state index is -3.10. The van der Waals surface area contributed by atoms with Gasteiger partial charge < -0.3 is 4.74 Å². The summed E-state index contributed by atoms with van der Waals surface area (Å²) in [5.41, 5.74) is 0.929. The summed E-state index contributed by atoms with van der Waals surface area (Å²) in [6.45, 7) is 1.94. The number of ether oxygens (including phenoxy) is 1. The minimum Gasteiger partial charge on any atom is -0.461 e. The summed E-state index contributed by atoms with van der Waals surface area (Å²) in [7, 11) is 0. The zero-order chi connectivity index (χ0) is 13.6. The van der Waals surface area contributed by atoms with Crippen molar-refractivity contribution in [2.24, 2.45) is 5.92 Å². The monoisotopic (exact) mass is 308 g/mol. The molecule has 6 heteroatoms. The molecule has 0 saturated carbocycles. The molecule has 100 valence electrons. The number of carbonyl (C=O) groups excluding carboxylic acids is 1. The molecular weight excluding hydrogens is 294 g/mol. The number of hydrogen-bond acceptors (Lipinski definition) is 3. The fourth-order valence-electron chi connectivity index (χ4n) is 1.33. The highest BCUT2D eigenvalue weighted by atomic mass is 35.9. The highest BCUT2D eigenvalue weighted by molar-refractivity contribution is 8.08. The number of rotatable bonds is 6. The molecule has 0 saturated heterocycles. The number of carbonyl (C=O) groups is 1. The van der Waals surface area contributed by atoms with E-state index in [0.29, 0.717) is 6.42 Å². The van der Waals surface area contributed by atoms with Gasteiger partial charge >= 0.3 is 5.97 Å². The van der Waals surface area contributed by atoms with Crippen molar-refractivity contribution in [2.45, 2.75) is 20.0 Å². The quantitative estimate of drug-likeness (QED) is 0.577. The smallest absolute Gasteiger partial charge is 0.308 e. The summed E-state index contributed by atoms with van der Waals surface area (Å²) in [6.07, 6.45) is 0.482. The van der Waals surface area contributed by atoms with Gasteiger partial charge in [0, 0.05) is 6.16 Å². The van der Waals surface area contributed by atoms with Crippen molar-refractivity contribution in [3.8, 4) is 0 Å². The van der Waals surface area contributed by atoms with Gasteiger partial charge in [-0.3, -0.25) is 9.36 Å². The molecule has 1 atom stereocenters. The molecular formula is C12H15Cl2O3P. The first kappa shape index (κ1) is 15.6. The average Bonchev–Trinajstić information content (AvgIpc) is 2.33. The molecule has 3 nitrogen and oxygen atoms in total. The van der Waals surface area contributed by atoms with E-state index >= 15 is 0 Å². The van der Waals surface area contributed by atoms with Crippen LogP contribution in [0.1, 0.15) is 18.9 Å². The molecule has 0 fully saturated rings. The predicted molar refractivity (Wildman–Crippen MR) is 74.2 cm³/mol. The van der Waals surface area contributed by atoms with Crippen LogP contribution in [-0.4, -0.2) is 12.1 Å². The van der Waals surface area contributed by atoms with Crippen molar-refractivity contribution in [2.75, 3.05) is 6.16 Å². The molecule has 0 unspecified atom stereocenters. The third kappa shape index (κ3) is 6.44. The van der Waals surface area contributed by atoms with Crippen molar-refractivity contribution in [1.29, 1.82) is 0 Å². The normalized spacial score (nSPS) is 13.1. The maximum Gasteiger partial charge on any atom is 0.308 e. The van der Waals surface area contributed by atoms with Gasteiger partial charge in [-0.05, 0) is 34.5 Å². The molecule has 0 aromatic heterocycles. The van der Waals surface area contributed by atoms with Crippen LogP contribution >= 0.6 is 28.3 Å². The lowest BCUT2D eigenvalue weighted by Gasteiger charge is -2.11. The molecule has 0 bridgehead atoms. The molecule has 18 heavy (non-hydrogen) atoms. The number of hydrogen-bond donors (Lipinski definition) is 0. The summed E-state index contributed by atoms with van der Waals surface area (Å²) in [5.74, 6) is -3.79. The molecule has 1 aromatic rings. The Balaban J connectivity index is 2.34. The van der Waals surface area contributed by atoms with Crippen molar-refractivity contribution in [1.82, 2.24) is 0 Å². The van der Waals surface area contributed by atoms with Gasteiger partial charge in [0.2, 0.25) is 0 Å². The molecule has 0 heterocycles. The Morgan fingerprint density at radius 1 is 1.33 bits per heavy atom. The van der Waals surface area contributed by atoms with Crippen LogP contribution < -0.4 is 0 Å². The van der Waals surface area contributed by atoms with Gasteiger partial charge in [-0.2, -0.15) is 0 Å². The summed E-state index contributed by atoms with van der Waals surface area (Å²) in [6, 6.07) is 9.41. The van der Waals surface area contributed by atoms with E-state index in [1.54, 1.807) is 6.92 Å². The zero-order valence-corrected chi connectivity index (χ0v) is 12.4. The molecule has 0 aliphatic heterocycles. The Kier molecular flexibility index (Phi) is 6.20. The largest absolute Gasteiger partial charge is 0.461 e. The summed E-state index contributed by atoms with van der Waals surface area (Å²) >= 11 is 10.8. The van der Waals surface area contributed by atoms with Crippen LogP contribution in [0.5, 0.6) is 0 Å². The maximum absolute atomic E-state index is 11.6. The average molecular weight is 309 g/mol. The van der Waals surface area contributed by atoms with Crippen molar-refractivity contribution in [3.05, 3.63) is 35.9 Å². The van der Waals surface area contributed by atoms with Crippen molar-refractivity contribution in [3.63, 3.8) is 0 Å². The van der Waals surface area contributed by atoms with Gasteiger partial charge in [-0.15, -0.1) is 0 Å². The highest BCUT2D eigenvalue weighted by Crippen LogP contribution is 2.57. The lowest BCUT2D eigenvalue weighted by molar-refractivity contribution is -0.149. The highest BCUT2D eigenvalue weighted by Gasteiger charge is 2.20. The molecule has 1 aromatic carbocycles. The van der Waals surface area contributed by atoms with E-state index in [0.717, 1.165) is 5.56 Å². The van der Waals surface area contributed by atoms with Gasteiger partial charge in [0.25, 0.3) is 5.85 Å². The second kappa shape index (κ2) is 7.18. The van der Waals surface area contributed by atoms with Gasteiger partial charge in [-0.1, -0.05) is 37.3 Å². The fourth-order valence-corrected chi connectivity index (χ4v) is 2.61. The third-order valence-corrected chi connectivity index (χ3v) is 4.24. The third-order valence-electron chi connectivity index (χ3n) is 2.45. The van der Waals surface area contributed by atoms with Crippen LogP contribution in [0.2, 0.25) is 0 Å². The summed E-state index contributed by atoms with van der Waals surface area (Å²) in [4.78, 5) is 11.6. The number of esters is 1.